The summed E-state index contributed by atoms with van der Waals surface area (Å²) in [5.41, 5.74) is 3.59. The largest absolute Gasteiger partial charge is 0.483 e. The van der Waals surface area contributed by atoms with Crippen molar-refractivity contribution in [2.75, 3.05) is 13.2 Å². The number of aromatic amines is 1. The van der Waals surface area contributed by atoms with Crippen molar-refractivity contribution in [1.82, 2.24) is 9.55 Å². The van der Waals surface area contributed by atoms with Crippen molar-refractivity contribution >= 4 is 15.6 Å². The molecule has 206 valence electrons. The number of aliphatic hydroxyl groups is 5. The Kier molecular flexibility index (Phi) is 9.05. The zero-order valence-corrected chi connectivity index (χ0v) is 19.8. The molecular weight excluding hydrogens is 540 g/mol. The van der Waals surface area contributed by atoms with Gasteiger partial charge in [0.15, 0.2) is 12.5 Å². The van der Waals surface area contributed by atoms with E-state index in [0.717, 1.165) is 16.8 Å². The predicted molar refractivity (Wildman–Crippen MR) is 111 cm³/mol. The minimum Gasteiger partial charge on any atom is -0.388 e. The van der Waals surface area contributed by atoms with Gasteiger partial charge in [0, 0.05) is 18.8 Å². The second-order valence-corrected chi connectivity index (χ2v) is 10.7. The molecule has 21 heteroatoms. The van der Waals surface area contributed by atoms with Crippen molar-refractivity contribution in [2.45, 2.75) is 55.2 Å². The van der Waals surface area contributed by atoms with Crippen molar-refractivity contribution in [3.05, 3.63) is 33.1 Å². The summed E-state index contributed by atoms with van der Waals surface area (Å²) in [5.74, 6) is 0. The topological polar surface area (TPSA) is 303 Å². The smallest absolute Gasteiger partial charge is 0.388 e. The second kappa shape index (κ2) is 11.2. The Balaban J connectivity index is 1.61. The number of rotatable bonds is 9. The molecule has 0 bridgehead atoms. The van der Waals surface area contributed by atoms with Crippen LogP contribution in [0.2, 0.25) is 0 Å². The van der Waals surface area contributed by atoms with Gasteiger partial charge in [-0.25, -0.2) is 13.9 Å². The number of nitrogens with one attached hydrogen (secondary N) is 1. The van der Waals surface area contributed by atoms with Crippen LogP contribution in [-0.2, 0) is 32.0 Å². The third-order valence-corrected chi connectivity index (χ3v) is 7.81. The van der Waals surface area contributed by atoms with Crippen LogP contribution in [0.3, 0.4) is 0 Å². The third-order valence-electron chi connectivity index (χ3n) is 5.21. The Hall–Kier alpha value is -1.38. The van der Waals surface area contributed by atoms with E-state index in [0.29, 0.717) is 0 Å². The lowest BCUT2D eigenvalue weighted by molar-refractivity contribution is -0.273. The van der Waals surface area contributed by atoms with Gasteiger partial charge in [0.2, 0.25) is 0 Å². The van der Waals surface area contributed by atoms with Crippen LogP contribution in [0.5, 0.6) is 0 Å². The van der Waals surface area contributed by atoms with Gasteiger partial charge in [-0.3, -0.25) is 23.4 Å². The van der Waals surface area contributed by atoms with Gasteiger partial charge < -0.3 is 50.5 Å². The molecule has 2 aliphatic heterocycles. The Bertz CT molecular complexity index is 1130. The van der Waals surface area contributed by atoms with E-state index in [1.807, 2.05) is 4.98 Å². The number of hydrogen-bond donors (Lipinski definition) is 9. The maximum absolute atomic E-state index is 12.2. The summed E-state index contributed by atoms with van der Waals surface area (Å²) < 4.78 is 48.4. The number of hydrogen-bond acceptors (Lipinski definition) is 15. The van der Waals surface area contributed by atoms with Gasteiger partial charge in [-0.2, -0.15) is 4.31 Å². The molecule has 6 unspecified atom stereocenters. The molecule has 0 aromatic carbocycles. The fraction of sp³-hybridized carbons (Fsp3) is 0.733. The zero-order chi connectivity index (χ0) is 27.0. The lowest BCUT2D eigenvalue weighted by atomic mass is 9.99. The van der Waals surface area contributed by atoms with Gasteiger partial charge >= 0.3 is 21.3 Å². The first-order chi connectivity index (χ1) is 16.7. The molecule has 0 spiro atoms. The molecule has 0 aliphatic carbocycles. The van der Waals surface area contributed by atoms with Crippen LogP contribution in [0.1, 0.15) is 6.23 Å². The van der Waals surface area contributed by atoms with Crippen LogP contribution in [0.4, 0.5) is 0 Å². The maximum atomic E-state index is 12.2. The minimum atomic E-state index is -5.55. The third kappa shape index (κ3) is 6.54. The van der Waals surface area contributed by atoms with Crippen LogP contribution in [0.25, 0.3) is 0 Å². The number of aliphatic hydroxyl groups excluding tert-OH is 5. The van der Waals surface area contributed by atoms with E-state index < -0.39 is 95.3 Å². The lowest BCUT2D eigenvalue weighted by Crippen LogP contribution is -2.59. The molecule has 19 nitrogen and oxygen atoms in total. The normalized spacial score (nSPS) is 38.4. The molecule has 2 aliphatic rings. The molecule has 2 saturated heterocycles. The monoisotopic (exact) mass is 565 g/mol. The van der Waals surface area contributed by atoms with Gasteiger partial charge in [-0.1, -0.05) is 0 Å². The number of nitrogens with two attached hydrogens (primary N) is 1. The summed E-state index contributed by atoms with van der Waals surface area (Å²) >= 11 is 0. The average Bonchev–Trinajstić information content (AvgIpc) is 3.06. The average molecular weight is 565 g/mol. The molecule has 0 amide bonds. The number of phosphoric acid groups is 2. The van der Waals surface area contributed by atoms with E-state index in [1.165, 1.54) is 0 Å². The van der Waals surface area contributed by atoms with E-state index in [2.05, 4.69) is 13.4 Å². The van der Waals surface area contributed by atoms with E-state index in [-0.39, 0.29) is 0 Å². The molecule has 10 N–H and O–H groups in total. The van der Waals surface area contributed by atoms with Gasteiger partial charge in [-0.05, 0) is 0 Å². The maximum Gasteiger partial charge on any atom is 0.483 e. The number of H-pyrrole nitrogens is 1. The van der Waals surface area contributed by atoms with Gasteiger partial charge in [0.1, 0.15) is 42.7 Å². The molecule has 1 aromatic heterocycles. The van der Waals surface area contributed by atoms with Gasteiger partial charge in [0.25, 0.3) is 5.56 Å². The zero-order valence-electron chi connectivity index (χ0n) is 18.0. The SMILES string of the molecule is NCC1O[C@H](OP(=O)(O)OP(=O)(O)OCC2OC(n3ccc(=O)[nH]c3=O)[C@H](O)[C@@H]2O)[C@@H](O)C(O)[C@H]1O. The van der Waals surface area contributed by atoms with Crippen molar-refractivity contribution in [3.8, 4) is 0 Å². The highest BCUT2D eigenvalue weighted by Gasteiger charge is 2.49. The predicted octanol–water partition coefficient (Wildman–Crippen LogP) is -4.83. The number of aromatic nitrogens is 2. The lowest BCUT2D eigenvalue weighted by Gasteiger charge is -2.39. The molecule has 1 aromatic rings. The van der Waals surface area contributed by atoms with Crippen LogP contribution >= 0.6 is 15.6 Å². The number of ether oxygens (including phenoxy) is 2. The Labute approximate surface area is 200 Å². The van der Waals surface area contributed by atoms with E-state index in [1.54, 1.807) is 0 Å². The molecule has 0 saturated carbocycles. The molecule has 3 rings (SSSR count). The van der Waals surface area contributed by atoms with Crippen LogP contribution in [-0.4, -0.2) is 107 Å². The van der Waals surface area contributed by atoms with Crippen molar-refractivity contribution < 1.29 is 67.3 Å². The summed E-state index contributed by atoms with van der Waals surface area (Å²) in [4.78, 5) is 44.6. The first-order valence-corrected chi connectivity index (χ1v) is 13.1. The van der Waals surface area contributed by atoms with Crippen molar-refractivity contribution in [1.29, 1.82) is 0 Å². The Morgan fingerprint density at radius 3 is 2.19 bits per heavy atom. The molecule has 2 fully saturated rings. The Morgan fingerprint density at radius 2 is 1.58 bits per heavy atom. The highest BCUT2D eigenvalue weighted by Crippen LogP contribution is 2.61. The van der Waals surface area contributed by atoms with Crippen molar-refractivity contribution in [3.63, 3.8) is 0 Å². The first kappa shape index (κ1) is 29.2. The standard InChI is InChI=1S/C15H25N3O16P2/c16-3-5-8(20)10(22)12(24)14(32-5)33-36(28,29)34-35(26,27)30-4-6-9(21)11(23)13(31-6)18-2-1-7(19)17-15(18)25/h1-2,5-6,8-14,20-24H,3-4,16H2,(H,26,27)(H,28,29)(H,17,19,25)/t5?,6?,8-,9+,10?,11+,12-,13?,14+/m0/s1. The quantitative estimate of drug-likeness (QED) is 0.127. The second-order valence-electron chi connectivity index (χ2n) is 7.73. The summed E-state index contributed by atoms with van der Waals surface area (Å²) in [6.07, 6.45) is -14.8. The van der Waals surface area contributed by atoms with Gasteiger partial charge in [-0.15, -0.1) is 0 Å². The molecule has 11 atom stereocenters. The fourth-order valence-corrected chi connectivity index (χ4v) is 5.55. The first-order valence-electron chi connectivity index (χ1n) is 10.1. The van der Waals surface area contributed by atoms with Gasteiger partial charge in [0.05, 0.1) is 6.61 Å². The molecule has 0 radical (unpaired) electrons. The van der Waals surface area contributed by atoms with Crippen LogP contribution in [0.15, 0.2) is 21.9 Å². The summed E-state index contributed by atoms with van der Waals surface area (Å²) in [5, 5.41) is 49.6. The van der Waals surface area contributed by atoms with Crippen LogP contribution in [0, 0.1) is 0 Å². The molecule has 3 heterocycles. The van der Waals surface area contributed by atoms with Crippen molar-refractivity contribution in [2.24, 2.45) is 5.73 Å². The minimum absolute atomic E-state index is 0.398. The van der Waals surface area contributed by atoms with E-state index in [9.17, 15) is 54.0 Å². The summed E-state index contributed by atoms with van der Waals surface area (Å²) in [6, 6.07) is 0.935. The van der Waals surface area contributed by atoms with Crippen LogP contribution < -0.4 is 17.0 Å². The molecule has 36 heavy (non-hydrogen) atoms. The summed E-state index contributed by atoms with van der Waals surface area (Å²) in [6.45, 7) is -1.41. The number of nitrogens with zero attached hydrogens (tertiary/aromatic N) is 1. The van der Waals surface area contributed by atoms with E-state index in [4.69, 9.17) is 15.2 Å². The summed E-state index contributed by atoms with van der Waals surface area (Å²) in [7, 11) is -11.0. The highest BCUT2D eigenvalue weighted by molar-refractivity contribution is 7.61. The highest BCUT2D eigenvalue weighted by atomic mass is 31.3. The molecular formula is C15H25N3O16P2. The van der Waals surface area contributed by atoms with E-state index >= 15 is 0 Å². The fourth-order valence-electron chi connectivity index (χ4n) is 3.39. The Morgan fingerprint density at radius 1 is 0.944 bits per heavy atom. The number of phosphoric ester groups is 2.